The fraction of sp³-hybridized carbons (Fsp3) is 0.385. The summed E-state index contributed by atoms with van der Waals surface area (Å²) < 4.78 is 10.2. The fourth-order valence-electron chi connectivity index (χ4n) is 1.42. The van der Waals surface area contributed by atoms with Gasteiger partial charge in [-0.3, -0.25) is 4.79 Å². The van der Waals surface area contributed by atoms with Crippen molar-refractivity contribution in [2.45, 2.75) is 6.42 Å². The number of benzene rings is 1. The van der Waals surface area contributed by atoms with Gasteiger partial charge in [-0.15, -0.1) is 0 Å². The number of carbonyl (C=O) groups is 1. The third-order valence-electron chi connectivity index (χ3n) is 2.48. The highest BCUT2D eigenvalue weighted by Crippen LogP contribution is 2.11. The molecule has 0 saturated heterocycles. The number of hydrogen-bond acceptors (Lipinski definition) is 5. The lowest BCUT2D eigenvalue weighted by Crippen LogP contribution is -2.30. The van der Waals surface area contributed by atoms with E-state index in [1.54, 1.807) is 31.4 Å². The largest absolute Gasteiger partial charge is 0.484 e. The number of nitrogens with two attached hydrogens (primary N) is 1. The van der Waals surface area contributed by atoms with Crippen molar-refractivity contribution in [3.63, 3.8) is 0 Å². The Morgan fingerprint density at radius 2 is 2.10 bits per heavy atom. The zero-order valence-corrected chi connectivity index (χ0v) is 11.3. The zero-order chi connectivity index (χ0) is 14.8. The zero-order valence-electron chi connectivity index (χ0n) is 11.3. The average Bonchev–Trinajstić information content (AvgIpc) is 2.49. The SMILES string of the molecule is COCCCNC(=O)COc1ccc(/C(N)=N/O)cc1. The van der Waals surface area contributed by atoms with Crippen LogP contribution in [0.4, 0.5) is 0 Å². The van der Waals surface area contributed by atoms with Crippen molar-refractivity contribution >= 4 is 11.7 Å². The molecular formula is C13H19N3O4. The number of amidine groups is 1. The molecule has 0 spiro atoms. The topological polar surface area (TPSA) is 106 Å². The van der Waals surface area contributed by atoms with E-state index in [0.29, 0.717) is 24.5 Å². The Bertz CT molecular complexity index is 445. The molecule has 0 aliphatic carbocycles. The molecule has 7 heteroatoms. The molecule has 0 aliphatic rings. The van der Waals surface area contributed by atoms with Crippen LogP contribution in [-0.2, 0) is 9.53 Å². The Kier molecular flexibility index (Phi) is 6.91. The van der Waals surface area contributed by atoms with E-state index in [0.717, 1.165) is 6.42 Å². The molecule has 20 heavy (non-hydrogen) atoms. The summed E-state index contributed by atoms with van der Waals surface area (Å²) in [4.78, 5) is 11.5. The van der Waals surface area contributed by atoms with Crippen LogP contribution in [0.15, 0.2) is 29.4 Å². The lowest BCUT2D eigenvalue weighted by atomic mass is 10.2. The summed E-state index contributed by atoms with van der Waals surface area (Å²) in [5.74, 6) is 0.362. The van der Waals surface area contributed by atoms with Crippen molar-refractivity contribution in [3.05, 3.63) is 29.8 Å². The number of nitrogens with one attached hydrogen (secondary N) is 1. The van der Waals surface area contributed by atoms with Gasteiger partial charge in [0.05, 0.1) is 0 Å². The summed E-state index contributed by atoms with van der Waals surface area (Å²) in [6, 6.07) is 6.57. The van der Waals surface area contributed by atoms with Gasteiger partial charge in [-0.2, -0.15) is 0 Å². The van der Waals surface area contributed by atoms with Crippen LogP contribution in [0.3, 0.4) is 0 Å². The smallest absolute Gasteiger partial charge is 0.257 e. The molecule has 0 bridgehead atoms. The molecule has 0 saturated carbocycles. The van der Waals surface area contributed by atoms with Crippen LogP contribution in [0.25, 0.3) is 0 Å². The van der Waals surface area contributed by atoms with Crippen LogP contribution in [0, 0.1) is 0 Å². The predicted octanol–water partition coefficient (Wildman–Crippen LogP) is 0.313. The Balaban J connectivity index is 2.33. The molecule has 0 atom stereocenters. The van der Waals surface area contributed by atoms with E-state index in [2.05, 4.69) is 10.5 Å². The predicted molar refractivity (Wildman–Crippen MR) is 74.0 cm³/mol. The summed E-state index contributed by atoms with van der Waals surface area (Å²) in [6.45, 7) is 1.10. The lowest BCUT2D eigenvalue weighted by Gasteiger charge is -2.07. The third-order valence-corrected chi connectivity index (χ3v) is 2.48. The Hall–Kier alpha value is -2.28. The Morgan fingerprint density at radius 3 is 2.70 bits per heavy atom. The molecule has 1 amide bonds. The maximum atomic E-state index is 11.5. The second-order valence-electron chi connectivity index (χ2n) is 3.99. The first-order valence-corrected chi connectivity index (χ1v) is 6.13. The monoisotopic (exact) mass is 281 g/mol. The minimum atomic E-state index is -0.193. The Labute approximate surface area is 117 Å². The number of rotatable bonds is 8. The molecule has 0 aliphatic heterocycles. The van der Waals surface area contributed by atoms with Gasteiger partial charge in [0.25, 0.3) is 5.91 Å². The summed E-state index contributed by atoms with van der Waals surface area (Å²) in [5.41, 5.74) is 6.00. The molecule has 0 radical (unpaired) electrons. The average molecular weight is 281 g/mol. The lowest BCUT2D eigenvalue weighted by molar-refractivity contribution is -0.123. The van der Waals surface area contributed by atoms with Gasteiger partial charge in [0.15, 0.2) is 12.4 Å². The van der Waals surface area contributed by atoms with Crippen molar-refractivity contribution in [3.8, 4) is 5.75 Å². The second kappa shape index (κ2) is 8.76. The highest BCUT2D eigenvalue weighted by molar-refractivity contribution is 5.97. The minimum Gasteiger partial charge on any atom is -0.484 e. The number of nitrogens with zero attached hydrogens (tertiary/aromatic N) is 1. The van der Waals surface area contributed by atoms with E-state index >= 15 is 0 Å². The molecule has 1 aromatic carbocycles. The molecule has 0 aromatic heterocycles. The van der Waals surface area contributed by atoms with Gasteiger partial charge in [0.1, 0.15) is 5.75 Å². The molecule has 0 heterocycles. The molecule has 0 unspecified atom stereocenters. The van der Waals surface area contributed by atoms with Gasteiger partial charge in [0, 0.05) is 25.8 Å². The van der Waals surface area contributed by atoms with Crippen LogP contribution in [-0.4, -0.2) is 43.8 Å². The molecule has 7 nitrogen and oxygen atoms in total. The molecule has 0 fully saturated rings. The van der Waals surface area contributed by atoms with E-state index in [4.69, 9.17) is 20.4 Å². The van der Waals surface area contributed by atoms with E-state index < -0.39 is 0 Å². The summed E-state index contributed by atoms with van der Waals surface area (Å²) in [7, 11) is 1.61. The molecule has 4 N–H and O–H groups in total. The van der Waals surface area contributed by atoms with Crippen LogP contribution < -0.4 is 15.8 Å². The van der Waals surface area contributed by atoms with E-state index in [1.807, 2.05) is 0 Å². The number of methoxy groups -OCH3 is 1. The maximum absolute atomic E-state index is 11.5. The number of hydrogen-bond donors (Lipinski definition) is 3. The summed E-state index contributed by atoms with van der Waals surface area (Å²) >= 11 is 0. The number of carbonyl (C=O) groups excluding carboxylic acids is 1. The number of ether oxygens (including phenoxy) is 2. The number of oxime groups is 1. The minimum absolute atomic E-state index is 0.0208. The van der Waals surface area contributed by atoms with Crippen LogP contribution in [0.1, 0.15) is 12.0 Å². The first-order valence-electron chi connectivity index (χ1n) is 6.13. The summed E-state index contributed by atoms with van der Waals surface area (Å²) in [5, 5.41) is 14.1. The van der Waals surface area contributed by atoms with Crippen molar-refractivity contribution in [2.24, 2.45) is 10.9 Å². The van der Waals surface area contributed by atoms with Crippen molar-refractivity contribution in [2.75, 3.05) is 26.9 Å². The van der Waals surface area contributed by atoms with E-state index in [-0.39, 0.29) is 18.3 Å². The van der Waals surface area contributed by atoms with Gasteiger partial charge in [-0.1, -0.05) is 5.16 Å². The standard InChI is InChI=1S/C13H19N3O4/c1-19-8-2-7-15-12(17)9-20-11-5-3-10(4-6-11)13(14)16-18/h3-6,18H,2,7-9H2,1H3,(H2,14,16)(H,15,17). The van der Waals surface area contributed by atoms with Gasteiger partial charge in [-0.25, -0.2) is 0 Å². The van der Waals surface area contributed by atoms with Crippen LogP contribution in [0.5, 0.6) is 5.75 Å². The molecule has 1 rings (SSSR count). The maximum Gasteiger partial charge on any atom is 0.257 e. The molecular weight excluding hydrogens is 262 g/mol. The first-order chi connectivity index (χ1) is 9.67. The van der Waals surface area contributed by atoms with E-state index in [1.165, 1.54) is 0 Å². The number of amides is 1. The fourth-order valence-corrected chi connectivity index (χ4v) is 1.42. The van der Waals surface area contributed by atoms with Crippen molar-refractivity contribution in [1.29, 1.82) is 0 Å². The Morgan fingerprint density at radius 1 is 1.40 bits per heavy atom. The molecule has 110 valence electrons. The summed E-state index contributed by atoms with van der Waals surface area (Å²) in [6.07, 6.45) is 0.761. The van der Waals surface area contributed by atoms with Gasteiger partial charge in [0.2, 0.25) is 0 Å². The van der Waals surface area contributed by atoms with Gasteiger partial charge >= 0.3 is 0 Å². The second-order valence-corrected chi connectivity index (χ2v) is 3.99. The highest BCUT2D eigenvalue weighted by Gasteiger charge is 2.03. The first kappa shape index (κ1) is 15.8. The third kappa shape index (κ3) is 5.57. The van der Waals surface area contributed by atoms with Gasteiger partial charge < -0.3 is 25.7 Å². The van der Waals surface area contributed by atoms with Crippen LogP contribution >= 0.6 is 0 Å². The van der Waals surface area contributed by atoms with Gasteiger partial charge in [-0.05, 0) is 30.7 Å². The highest BCUT2D eigenvalue weighted by atomic mass is 16.5. The van der Waals surface area contributed by atoms with Crippen molar-refractivity contribution in [1.82, 2.24) is 5.32 Å². The molecule has 1 aromatic rings. The van der Waals surface area contributed by atoms with E-state index in [9.17, 15) is 4.79 Å². The van der Waals surface area contributed by atoms with Crippen LogP contribution in [0.2, 0.25) is 0 Å². The van der Waals surface area contributed by atoms with Crippen molar-refractivity contribution < 1.29 is 19.5 Å². The normalized spacial score (nSPS) is 11.2. The quantitative estimate of drug-likeness (QED) is 0.209.